The van der Waals surface area contributed by atoms with Crippen molar-refractivity contribution in [2.24, 2.45) is 0 Å². The molecule has 0 unspecified atom stereocenters. The summed E-state index contributed by atoms with van der Waals surface area (Å²) in [7, 11) is 0. The van der Waals surface area contributed by atoms with E-state index in [0.29, 0.717) is 5.75 Å². The van der Waals surface area contributed by atoms with Gasteiger partial charge in [-0.2, -0.15) is 0 Å². The standard InChI is InChI=1S/C15H17FOS/c1-4-12-6-8-15(18-12)11-5-7-14(13(16)9-11)17-10(2)3/h5-10H,4H2,1-3H3. The first kappa shape index (κ1) is 13.1. The molecular weight excluding hydrogens is 247 g/mol. The lowest BCUT2D eigenvalue weighted by Crippen LogP contribution is -2.06. The first-order valence-corrected chi connectivity index (χ1v) is 6.97. The Morgan fingerprint density at radius 2 is 2.00 bits per heavy atom. The second-order valence-electron chi connectivity index (χ2n) is 4.43. The van der Waals surface area contributed by atoms with Gasteiger partial charge in [-0.3, -0.25) is 0 Å². The number of hydrogen-bond acceptors (Lipinski definition) is 2. The molecule has 1 aromatic carbocycles. The van der Waals surface area contributed by atoms with Gasteiger partial charge in [0.05, 0.1) is 6.10 Å². The van der Waals surface area contributed by atoms with Crippen molar-refractivity contribution in [3.05, 3.63) is 41.0 Å². The average Bonchev–Trinajstić information content (AvgIpc) is 2.80. The van der Waals surface area contributed by atoms with Crippen LogP contribution in [0.2, 0.25) is 0 Å². The van der Waals surface area contributed by atoms with Crippen LogP contribution in [0.1, 0.15) is 25.6 Å². The van der Waals surface area contributed by atoms with Crippen LogP contribution in [0, 0.1) is 5.82 Å². The summed E-state index contributed by atoms with van der Waals surface area (Å²) in [6.45, 7) is 5.90. The van der Waals surface area contributed by atoms with Gasteiger partial charge in [0.15, 0.2) is 11.6 Å². The highest BCUT2D eigenvalue weighted by Gasteiger charge is 2.09. The summed E-state index contributed by atoms with van der Waals surface area (Å²) in [6, 6.07) is 9.29. The molecule has 0 aliphatic carbocycles. The molecule has 3 heteroatoms. The third-order valence-corrected chi connectivity index (χ3v) is 3.87. The Morgan fingerprint density at radius 1 is 1.22 bits per heavy atom. The lowest BCUT2D eigenvalue weighted by molar-refractivity contribution is 0.231. The minimum absolute atomic E-state index is 0.0150. The molecule has 1 heterocycles. The van der Waals surface area contributed by atoms with E-state index in [0.717, 1.165) is 16.9 Å². The molecular formula is C15H17FOS. The third kappa shape index (κ3) is 2.91. The number of ether oxygens (including phenoxy) is 1. The van der Waals surface area contributed by atoms with E-state index in [-0.39, 0.29) is 11.9 Å². The van der Waals surface area contributed by atoms with Crippen molar-refractivity contribution in [2.75, 3.05) is 0 Å². The maximum Gasteiger partial charge on any atom is 0.165 e. The molecule has 0 atom stereocenters. The fraction of sp³-hybridized carbons (Fsp3) is 0.333. The summed E-state index contributed by atoms with van der Waals surface area (Å²) >= 11 is 1.71. The van der Waals surface area contributed by atoms with Crippen molar-refractivity contribution in [1.82, 2.24) is 0 Å². The first-order valence-electron chi connectivity index (χ1n) is 6.15. The molecule has 0 bridgehead atoms. The maximum atomic E-state index is 13.9. The van der Waals surface area contributed by atoms with Crippen LogP contribution in [0.4, 0.5) is 4.39 Å². The van der Waals surface area contributed by atoms with Gasteiger partial charge in [0.2, 0.25) is 0 Å². The number of aryl methyl sites for hydroxylation is 1. The van der Waals surface area contributed by atoms with Crippen LogP contribution in [-0.4, -0.2) is 6.10 Å². The predicted molar refractivity (Wildman–Crippen MR) is 74.9 cm³/mol. The SMILES string of the molecule is CCc1ccc(-c2ccc(OC(C)C)c(F)c2)s1. The van der Waals surface area contributed by atoms with Gasteiger partial charge in [0.25, 0.3) is 0 Å². The van der Waals surface area contributed by atoms with Crippen LogP contribution < -0.4 is 4.74 Å². The molecule has 2 rings (SSSR count). The van der Waals surface area contributed by atoms with Crippen molar-refractivity contribution >= 4 is 11.3 Å². The van der Waals surface area contributed by atoms with Crippen LogP contribution in [0.5, 0.6) is 5.75 Å². The Bertz CT molecular complexity index is 531. The number of benzene rings is 1. The van der Waals surface area contributed by atoms with Crippen LogP contribution in [0.25, 0.3) is 10.4 Å². The minimum atomic E-state index is -0.298. The number of halogens is 1. The Balaban J connectivity index is 2.28. The molecule has 0 radical (unpaired) electrons. The third-order valence-electron chi connectivity index (χ3n) is 2.59. The van der Waals surface area contributed by atoms with E-state index in [9.17, 15) is 4.39 Å². The second kappa shape index (κ2) is 5.53. The summed E-state index contributed by atoms with van der Waals surface area (Å²) in [5.41, 5.74) is 0.910. The van der Waals surface area contributed by atoms with Crippen molar-refractivity contribution < 1.29 is 9.13 Å². The van der Waals surface area contributed by atoms with Gasteiger partial charge in [-0.05, 0) is 56.2 Å². The Kier molecular flexibility index (Phi) is 4.02. The van der Waals surface area contributed by atoms with Gasteiger partial charge in [-0.1, -0.05) is 6.92 Å². The fourth-order valence-corrected chi connectivity index (χ4v) is 2.67. The number of rotatable bonds is 4. The monoisotopic (exact) mass is 264 g/mol. The van der Waals surface area contributed by atoms with Gasteiger partial charge in [-0.15, -0.1) is 11.3 Å². The molecule has 1 nitrogen and oxygen atoms in total. The summed E-state index contributed by atoms with van der Waals surface area (Å²) < 4.78 is 19.3. The van der Waals surface area contributed by atoms with Gasteiger partial charge >= 0.3 is 0 Å². The Hall–Kier alpha value is -1.35. The molecule has 96 valence electrons. The van der Waals surface area contributed by atoms with E-state index < -0.39 is 0 Å². The molecule has 1 aromatic heterocycles. The molecule has 2 aromatic rings. The topological polar surface area (TPSA) is 9.23 Å². The fourth-order valence-electron chi connectivity index (χ4n) is 1.73. The normalized spacial score (nSPS) is 10.9. The smallest absolute Gasteiger partial charge is 0.165 e. The highest BCUT2D eigenvalue weighted by Crippen LogP contribution is 2.31. The second-order valence-corrected chi connectivity index (χ2v) is 5.60. The van der Waals surface area contributed by atoms with Crippen molar-refractivity contribution in [2.45, 2.75) is 33.3 Å². The Morgan fingerprint density at radius 3 is 2.56 bits per heavy atom. The molecule has 0 N–H and O–H groups in total. The van der Waals surface area contributed by atoms with Gasteiger partial charge in [0, 0.05) is 9.75 Å². The summed E-state index contributed by atoms with van der Waals surface area (Å²) in [5, 5.41) is 0. The summed E-state index contributed by atoms with van der Waals surface area (Å²) in [4.78, 5) is 2.41. The highest BCUT2D eigenvalue weighted by molar-refractivity contribution is 7.15. The zero-order valence-corrected chi connectivity index (χ0v) is 11.7. The van der Waals surface area contributed by atoms with Crippen molar-refractivity contribution in [1.29, 1.82) is 0 Å². The lowest BCUT2D eigenvalue weighted by atomic mass is 10.1. The highest BCUT2D eigenvalue weighted by atomic mass is 32.1. The summed E-state index contributed by atoms with van der Waals surface area (Å²) in [6.07, 6.45) is 1.00. The van der Waals surface area contributed by atoms with E-state index >= 15 is 0 Å². The van der Waals surface area contributed by atoms with E-state index in [1.807, 2.05) is 26.0 Å². The van der Waals surface area contributed by atoms with Crippen LogP contribution in [-0.2, 0) is 6.42 Å². The van der Waals surface area contributed by atoms with Crippen LogP contribution in [0.15, 0.2) is 30.3 Å². The quantitative estimate of drug-likeness (QED) is 0.763. The average molecular weight is 264 g/mol. The van der Waals surface area contributed by atoms with E-state index in [4.69, 9.17) is 4.74 Å². The first-order chi connectivity index (χ1) is 8.60. The van der Waals surface area contributed by atoms with Crippen molar-refractivity contribution in [3.63, 3.8) is 0 Å². The molecule has 0 spiro atoms. The molecule has 0 saturated carbocycles. The zero-order chi connectivity index (χ0) is 13.1. The lowest BCUT2D eigenvalue weighted by Gasteiger charge is -2.11. The Labute approximate surface area is 111 Å². The number of hydrogen-bond donors (Lipinski definition) is 0. The zero-order valence-electron chi connectivity index (χ0n) is 10.9. The minimum Gasteiger partial charge on any atom is -0.488 e. The van der Waals surface area contributed by atoms with Crippen molar-refractivity contribution in [3.8, 4) is 16.2 Å². The molecule has 0 aliphatic rings. The van der Waals surface area contributed by atoms with E-state index in [1.54, 1.807) is 23.5 Å². The molecule has 0 amide bonds. The van der Waals surface area contributed by atoms with E-state index in [2.05, 4.69) is 13.0 Å². The number of thiophene rings is 1. The van der Waals surface area contributed by atoms with Gasteiger partial charge in [0.1, 0.15) is 0 Å². The van der Waals surface area contributed by atoms with Crippen LogP contribution >= 0.6 is 11.3 Å². The molecule has 0 fully saturated rings. The molecule has 0 aliphatic heterocycles. The molecule has 18 heavy (non-hydrogen) atoms. The van der Waals surface area contributed by atoms with Crippen LogP contribution in [0.3, 0.4) is 0 Å². The van der Waals surface area contributed by atoms with Gasteiger partial charge < -0.3 is 4.74 Å². The largest absolute Gasteiger partial charge is 0.488 e. The van der Waals surface area contributed by atoms with E-state index in [1.165, 1.54) is 4.88 Å². The molecule has 0 saturated heterocycles. The summed E-state index contributed by atoms with van der Waals surface area (Å²) in [5.74, 6) is 0.0219. The van der Waals surface area contributed by atoms with Gasteiger partial charge in [-0.25, -0.2) is 4.39 Å². The predicted octanol–water partition coefficient (Wildman–Crippen LogP) is 4.90. The maximum absolute atomic E-state index is 13.9.